The molecule has 2 fully saturated rings. The summed E-state index contributed by atoms with van der Waals surface area (Å²) in [6.45, 7) is 5.36. The molecule has 2 rings (SSSR count). The monoisotopic (exact) mass is 266 g/mol. The lowest BCUT2D eigenvalue weighted by Crippen LogP contribution is -2.37. The summed E-state index contributed by atoms with van der Waals surface area (Å²) in [7, 11) is 0. The molecule has 0 aromatic carbocycles. The Morgan fingerprint density at radius 1 is 1.11 bits per heavy atom. The molecule has 0 radical (unpaired) electrons. The van der Waals surface area contributed by atoms with Gasteiger partial charge in [-0.15, -0.1) is 0 Å². The Morgan fingerprint density at radius 3 is 2.53 bits per heavy atom. The number of carbonyl (C=O) groups excluding carboxylic acids is 1. The fourth-order valence-electron chi connectivity index (χ4n) is 3.10. The van der Waals surface area contributed by atoms with Gasteiger partial charge in [-0.1, -0.05) is 46.0 Å². The van der Waals surface area contributed by atoms with Crippen LogP contribution in [0.25, 0.3) is 0 Å². The summed E-state index contributed by atoms with van der Waals surface area (Å²) in [6, 6.07) is 0.0948. The normalized spacial score (nSPS) is 27.3. The summed E-state index contributed by atoms with van der Waals surface area (Å²) < 4.78 is 0. The van der Waals surface area contributed by atoms with Crippen LogP contribution in [0.5, 0.6) is 0 Å². The molecule has 3 nitrogen and oxygen atoms in total. The maximum absolute atomic E-state index is 12.5. The molecular formula is C16H30N2O. The first-order valence-electron chi connectivity index (χ1n) is 8.32. The van der Waals surface area contributed by atoms with Gasteiger partial charge in [-0.3, -0.25) is 10.1 Å². The fourth-order valence-corrected chi connectivity index (χ4v) is 3.10. The largest absolute Gasteiger partial charge is 0.326 e. The Hall–Kier alpha value is -0.570. The number of hydrogen-bond donors (Lipinski definition) is 1. The van der Waals surface area contributed by atoms with Gasteiger partial charge >= 0.3 is 0 Å². The van der Waals surface area contributed by atoms with Gasteiger partial charge in [0.15, 0.2) is 0 Å². The number of amides is 1. The van der Waals surface area contributed by atoms with Crippen LogP contribution in [-0.2, 0) is 4.79 Å². The van der Waals surface area contributed by atoms with Crippen molar-refractivity contribution in [1.29, 1.82) is 0 Å². The van der Waals surface area contributed by atoms with Gasteiger partial charge in [0.25, 0.3) is 0 Å². The van der Waals surface area contributed by atoms with E-state index in [0.717, 1.165) is 38.1 Å². The van der Waals surface area contributed by atoms with Crippen LogP contribution < -0.4 is 5.32 Å². The van der Waals surface area contributed by atoms with Crippen molar-refractivity contribution < 1.29 is 4.79 Å². The Labute approximate surface area is 118 Å². The molecule has 1 saturated carbocycles. The molecule has 1 aliphatic carbocycles. The van der Waals surface area contributed by atoms with E-state index in [1.54, 1.807) is 0 Å². The van der Waals surface area contributed by atoms with Gasteiger partial charge < -0.3 is 4.90 Å². The molecule has 0 aromatic heterocycles. The van der Waals surface area contributed by atoms with Crippen molar-refractivity contribution in [2.45, 2.75) is 83.8 Å². The molecular weight excluding hydrogens is 236 g/mol. The summed E-state index contributed by atoms with van der Waals surface area (Å²) in [6.07, 6.45) is 11.2. The van der Waals surface area contributed by atoms with Crippen LogP contribution in [-0.4, -0.2) is 29.6 Å². The van der Waals surface area contributed by atoms with E-state index in [1.165, 1.54) is 32.1 Å². The Morgan fingerprint density at radius 2 is 1.89 bits per heavy atom. The highest BCUT2D eigenvalue weighted by molar-refractivity contribution is 5.84. The van der Waals surface area contributed by atoms with E-state index in [2.05, 4.69) is 24.1 Å². The summed E-state index contributed by atoms with van der Waals surface area (Å²) >= 11 is 0. The number of rotatable bonds is 9. The summed E-state index contributed by atoms with van der Waals surface area (Å²) in [4.78, 5) is 14.6. The van der Waals surface area contributed by atoms with Crippen LogP contribution in [0.3, 0.4) is 0 Å². The number of hydrogen-bond acceptors (Lipinski definition) is 2. The van der Waals surface area contributed by atoms with Gasteiger partial charge in [0.1, 0.15) is 0 Å². The summed E-state index contributed by atoms with van der Waals surface area (Å²) in [5.41, 5.74) is 0. The van der Waals surface area contributed by atoms with E-state index in [9.17, 15) is 4.79 Å². The van der Waals surface area contributed by atoms with Gasteiger partial charge in [0.05, 0.1) is 12.2 Å². The lowest BCUT2D eigenvalue weighted by molar-refractivity contribution is -0.130. The highest BCUT2D eigenvalue weighted by Crippen LogP contribution is 2.33. The molecule has 1 heterocycles. The van der Waals surface area contributed by atoms with Crippen molar-refractivity contribution >= 4 is 5.91 Å². The second-order valence-electron chi connectivity index (χ2n) is 6.28. The van der Waals surface area contributed by atoms with Crippen molar-refractivity contribution in [1.82, 2.24) is 10.2 Å². The van der Waals surface area contributed by atoms with E-state index < -0.39 is 0 Å². The molecule has 0 spiro atoms. The van der Waals surface area contributed by atoms with Crippen LogP contribution in [0.4, 0.5) is 0 Å². The quantitative estimate of drug-likeness (QED) is 0.694. The standard InChI is InChI=1S/C16H30N2O/c1-3-5-9-14-16(19)18(15(17-14)7-4-2)12-6-8-13-10-11-13/h13-15,17H,3-12H2,1-2H3. The van der Waals surface area contributed by atoms with Gasteiger partial charge in [-0.25, -0.2) is 0 Å². The first kappa shape index (κ1) is 14.8. The van der Waals surface area contributed by atoms with Gasteiger partial charge in [0, 0.05) is 6.54 Å². The zero-order valence-corrected chi connectivity index (χ0v) is 12.7. The van der Waals surface area contributed by atoms with Crippen molar-refractivity contribution in [3.05, 3.63) is 0 Å². The Bertz CT molecular complexity index is 288. The highest BCUT2D eigenvalue weighted by Gasteiger charge is 2.37. The predicted molar refractivity (Wildman–Crippen MR) is 78.8 cm³/mol. The predicted octanol–water partition coefficient (Wildman–Crippen LogP) is 3.29. The average Bonchev–Trinajstić information content (AvgIpc) is 3.17. The van der Waals surface area contributed by atoms with E-state index in [4.69, 9.17) is 0 Å². The van der Waals surface area contributed by atoms with E-state index in [0.29, 0.717) is 12.1 Å². The van der Waals surface area contributed by atoms with E-state index >= 15 is 0 Å². The zero-order chi connectivity index (χ0) is 13.7. The molecule has 19 heavy (non-hydrogen) atoms. The molecule has 2 aliphatic rings. The SMILES string of the molecule is CCCCC1NC(CCC)N(CCCC2CC2)C1=O. The molecule has 1 amide bonds. The maximum Gasteiger partial charge on any atom is 0.241 e. The van der Waals surface area contributed by atoms with Crippen molar-refractivity contribution in [2.24, 2.45) is 5.92 Å². The molecule has 1 saturated heterocycles. The zero-order valence-electron chi connectivity index (χ0n) is 12.7. The third-order valence-corrected chi connectivity index (χ3v) is 4.47. The second kappa shape index (κ2) is 7.28. The molecule has 1 N–H and O–H groups in total. The van der Waals surface area contributed by atoms with Crippen molar-refractivity contribution in [3.63, 3.8) is 0 Å². The topological polar surface area (TPSA) is 32.3 Å². The fraction of sp³-hybridized carbons (Fsp3) is 0.938. The van der Waals surface area contributed by atoms with E-state index in [1.807, 2.05) is 0 Å². The highest BCUT2D eigenvalue weighted by atomic mass is 16.2. The molecule has 2 atom stereocenters. The minimum Gasteiger partial charge on any atom is -0.326 e. The lowest BCUT2D eigenvalue weighted by Gasteiger charge is -2.23. The minimum atomic E-state index is 0.0948. The number of carbonyl (C=O) groups is 1. The smallest absolute Gasteiger partial charge is 0.241 e. The van der Waals surface area contributed by atoms with Gasteiger partial charge in [0.2, 0.25) is 5.91 Å². The summed E-state index contributed by atoms with van der Waals surface area (Å²) in [5, 5.41) is 3.56. The van der Waals surface area contributed by atoms with Gasteiger partial charge in [-0.2, -0.15) is 0 Å². The molecule has 0 bridgehead atoms. The second-order valence-corrected chi connectivity index (χ2v) is 6.28. The van der Waals surface area contributed by atoms with Crippen molar-refractivity contribution in [3.8, 4) is 0 Å². The number of unbranched alkanes of at least 4 members (excludes halogenated alkanes) is 1. The van der Waals surface area contributed by atoms with Crippen LogP contribution in [0, 0.1) is 5.92 Å². The molecule has 110 valence electrons. The average molecular weight is 266 g/mol. The number of nitrogens with one attached hydrogen (secondary N) is 1. The molecule has 1 aliphatic heterocycles. The minimum absolute atomic E-state index is 0.0948. The molecule has 0 aromatic rings. The van der Waals surface area contributed by atoms with Gasteiger partial charge in [-0.05, 0) is 31.6 Å². The van der Waals surface area contributed by atoms with Crippen LogP contribution in [0.1, 0.15) is 71.6 Å². The van der Waals surface area contributed by atoms with Crippen LogP contribution in [0.2, 0.25) is 0 Å². The first-order valence-corrected chi connectivity index (χ1v) is 8.32. The third-order valence-electron chi connectivity index (χ3n) is 4.47. The Kier molecular flexibility index (Phi) is 5.68. The van der Waals surface area contributed by atoms with Crippen LogP contribution >= 0.6 is 0 Å². The summed E-state index contributed by atoms with van der Waals surface area (Å²) in [5.74, 6) is 1.34. The molecule has 3 heteroatoms. The third kappa shape index (κ3) is 4.20. The first-order chi connectivity index (χ1) is 9.26. The van der Waals surface area contributed by atoms with E-state index in [-0.39, 0.29) is 6.04 Å². The number of nitrogens with zero attached hydrogens (tertiary/aromatic N) is 1. The lowest BCUT2D eigenvalue weighted by atomic mass is 10.1. The Balaban J connectivity index is 1.82. The van der Waals surface area contributed by atoms with Crippen LogP contribution in [0.15, 0.2) is 0 Å². The van der Waals surface area contributed by atoms with Crippen molar-refractivity contribution in [2.75, 3.05) is 6.54 Å². The maximum atomic E-state index is 12.5. The molecule has 2 unspecified atom stereocenters.